The van der Waals surface area contributed by atoms with Crippen LogP contribution in [-0.2, 0) is 47.7 Å². The van der Waals surface area contributed by atoms with E-state index in [-0.39, 0.29) is 51.3 Å². The Labute approximate surface area is 197 Å². The molecule has 0 radical (unpaired) electrons. The summed E-state index contributed by atoms with van der Waals surface area (Å²) in [5.41, 5.74) is 0.141. The molecule has 0 aromatic rings. The van der Waals surface area contributed by atoms with Crippen molar-refractivity contribution >= 4 is 30.0 Å². The van der Waals surface area contributed by atoms with E-state index >= 15 is 0 Å². The van der Waals surface area contributed by atoms with Crippen molar-refractivity contribution in [2.24, 2.45) is 4.99 Å². The zero-order chi connectivity index (χ0) is 25.8. The van der Waals surface area contributed by atoms with Crippen LogP contribution in [0.15, 0.2) is 29.8 Å². The predicted molar refractivity (Wildman–Crippen MR) is 114 cm³/mol. The van der Waals surface area contributed by atoms with Gasteiger partial charge < -0.3 is 23.7 Å². The monoisotopic (exact) mass is 480 g/mol. The Balaban J connectivity index is 4.50. The number of unbranched alkanes of at least 4 members (excludes halogenated alkanes) is 1. The first-order valence-electron chi connectivity index (χ1n) is 10.3. The van der Waals surface area contributed by atoms with E-state index < -0.39 is 36.0 Å². The van der Waals surface area contributed by atoms with Gasteiger partial charge in [-0.25, -0.2) is 19.2 Å². The molecule has 0 aromatic carbocycles. The molecule has 0 bridgehead atoms. The normalized spacial score (nSPS) is 11.4. The van der Waals surface area contributed by atoms with Gasteiger partial charge in [0.1, 0.15) is 19.8 Å². The quantitative estimate of drug-likeness (QED) is 0.0529. The number of aliphatic imine (C=N–C) groups is 1. The lowest BCUT2D eigenvalue weighted by Gasteiger charge is -2.18. The van der Waals surface area contributed by atoms with E-state index in [0.29, 0.717) is 12.8 Å². The lowest BCUT2D eigenvalue weighted by molar-refractivity contribution is -0.164. The lowest BCUT2D eigenvalue weighted by Crippen LogP contribution is -2.31. The van der Waals surface area contributed by atoms with Gasteiger partial charge in [-0.1, -0.05) is 13.2 Å². The van der Waals surface area contributed by atoms with Crippen molar-refractivity contribution in [2.75, 3.05) is 26.4 Å². The van der Waals surface area contributed by atoms with Gasteiger partial charge in [0, 0.05) is 18.1 Å². The Bertz CT molecular complexity index is 811. The van der Waals surface area contributed by atoms with Gasteiger partial charge in [-0.3, -0.25) is 4.79 Å². The summed E-state index contributed by atoms with van der Waals surface area (Å²) in [5, 5.41) is 8.29. The van der Waals surface area contributed by atoms with Crippen LogP contribution in [0, 0.1) is 11.5 Å². The molecular weight excluding hydrogens is 452 g/mol. The average molecular weight is 480 g/mol. The molecule has 0 rings (SSSR count). The molecule has 0 amide bonds. The molecular formula is C22H28N2O10. The number of esters is 4. The molecule has 0 saturated carbocycles. The summed E-state index contributed by atoms with van der Waals surface area (Å²) >= 11 is 0. The highest BCUT2D eigenvalue weighted by molar-refractivity contribution is 5.87. The number of nitriles is 1. The highest BCUT2D eigenvalue weighted by Crippen LogP contribution is 2.08. The summed E-state index contributed by atoms with van der Waals surface area (Å²) in [4.78, 5) is 60.8. The van der Waals surface area contributed by atoms with E-state index in [1.54, 1.807) is 0 Å². The second-order valence-corrected chi connectivity index (χ2v) is 6.77. The number of ether oxygens (including phenoxy) is 5. The Morgan fingerprint density at radius 3 is 2.38 bits per heavy atom. The maximum absolute atomic E-state index is 12.1. The SMILES string of the molecule is C=CC(=O)OCC(COC(=O)C(=C)C)OC(=O)CCCOC(=O)C(CCCCOC#N)N=C=O. The molecule has 0 saturated heterocycles. The number of hydrogen-bond donors (Lipinski definition) is 0. The van der Waals surface area contributed by atoms with E-state index in [2.05, 4.69) is 22.9 Å². The highest BCUT2D eigenvalue weighted by atomic mass is 16.6. The molecule has 2 unspecified atom stereocenters. The highest BCUT2D eigenvalue weighted by Gasteiger charge is 2.21. The summed E-state index contributed by atoms with van der Waals surface area (Å²) in [7, 11) is 0. The van der Waals surface area contributed by atoms with E-state index in [9.17, 15) is 24.0 Å². The van der Waals surface area contributed by atoms with Crippen molar-refractivity contribution in [3.63, 3.8) is 0 Å². The van der Waals surface area contributed by atoms with Gasteiger partial charge in [-0.2, -0.15) is 10.3 Å². The van der Waals surface area contributed by atoms with Crippen molar-refractivity contribution in [1.82, 2.24) is 0 Å². The van der Waals surface area contributed by atoms with Gasteiger partial charge in [0.15, 0.2) is 12.1 Å². The number of carbonyl (C=O) groups is 4. The van der Waals surface area contributed by atoms with Gasteiger partial charge in [0.25, 0.3) is 6.26 Å². The zero-order valence-electron chi connectivity index (χ0n) is 19.0. The van der Waals surface area contributed by atoms with Crippen LogP contribution in [0.1, 0.15) is 39.0 Å². The fraction of sp³-hybridized carbons (Fsp3) is 0.545. The first-order valence-corrected chi connectivity index (χ1v) is 10.3. The summed E-state index contributed by atoms with van der Waals surface area (Å²) in [6.45, 7) is 7.44. The Morgan fingerprint density at radius 2 is 1.76 bits per heavy atom. The van der Waals surface area contributed by atoms with Gasteiger partial charge in [0.2, 0.25) is 6.08 Å². The maximum atomic E-state index is 12.1. The van der Waals surface area contributed by atoms with Crippen LogP contribution in [0.2, 0.25) is 0 Å². The molecule has 0 aliphatic rings. The number of rotatable bonds is 18. The average Bonchev–Trinajstić information content (AvgIpc) is 2.81. The Hall–Kier alpha value is -3.97. The standard InChI is InChI=1S/C22H28N2O10/c1-4-19(26)32-12-17(13-33-21(28)16(2)3)34-20(27)9-7-11-31-22(29)18(24-15-25)8-5-6-10-30-14-23/h4,17-18H,1-2,5-13H2,3H3. The van der Waals surface area contributed by atoms with Crippen LogP contribution < -0.4 is 0 Å². The topological polar surface area (TPSA) is 168 Å². The van der Waals surface area contributed by atoms with Crippen LogP contribution in [0.3, 0.4) is 0 Å². The second-order valence-electron chi connectivity index (χ2n) is 6.77. The second kappa shape index (κ2) is 18.6. The summed E-state index contributed by atoms with van der Waals surface area (Å²) in [6.07, 6.45) is 3.82. The molecule has 186 valence electrons. The fourth-order valence-electron chi connectivity index (χ4n) is 2.23. The van der Waals surface area contributed by atoms with Crippen molar-refractivity contribution < 1.29 is 47.7 Å². The van der Waals surface area contributed by atoms with E-state index in [0.717, 1.165) is 6.08 Å². The molecule has 2 atom stereocenters. The zero-order valence-corrected chi connectivity index (χ0v) is 19.0. The number of carbonyl (C=O) groups excluding carboxylic acids is 5. The van der Waals surface area contributed by atoms with Crippen LogP contribution in [-0.4, -0.2) is 68.5 Å². The summed E-state index contributed by atoms with van der Waals surface area (Å²) in [6, 6.07) is -1.04. The number of isocyanates is 1. The Kier molecular flexibility index (Phi) is 16.4. The third kappa shape index (κ3) is 14.9. The van der Waals surface area contributed by atoms with Crippen molar-refractivity contribution in [1.29, 1.82) is 5.26 Å². The van der Waals surface area contributed by atoms with Crippen LogP contribution in [0.4, 0.5) is 0 Å². The summed E-state index contributed by atoms with van der Waals surface area (Å²) in [5.74, 6) is -2.90. The predicted octanol–water partition coefficient (Wildman–Crippen LogP) is 1.44. The number of nitrogens with zero attached hydrogens (tertiary/aromatic N) is 2. The molecule has 0 aliphatic carbocycles. The van der Waals surface area contributed by atoms with Gasteiger partial charge in [-0.05, 0) is 32.6 Å². The molecule has 34 heavy (non-hydrogen) atoms. The first-order chi connectivity index (χ1) is 16.2. The Morgan fingerprint density at radius 1 is 1.06 bits per heavy atom. The molecule has 12 heteroatoms. The molecule has 0 aromatic heterocycles. The third-order valence-corrected chi connectivity index (χ3v) is 3.91. The maximum Gasteiger partial charge on any atom is 0.333 e. The molecule has 0 spiro atoms. The van der Waals surface area contributed by atoms with E-state index in [1.807, 2.05) is 0 Å². The summed E-state index contributed by atoms with van der Waals surface area (Å²) < 4.78 is 24.4. The molecule has 0 N–H and O–H groups in total. The lowest BCUT2D eigenvalue weighted by atomic mass is 10.1. The van der Waals surface area contributed by atoms with Crippen molar-refractivity contribution in [3.8, 4) is 6.26 Å². The molecule has 12 nitrogen and oxygen atoms in total. The van der Waals surface area contributed by atoms with E-state index in [1.165, 1.54) is 19.3 Å². The third-order valence-electron chi connectivity index (χ3n) is 3.91. The molecule has 0 aliphatic heterocycles. The van der Waals surface area contributed by atoms with Crippen LogP contribution in [0.25, 0.3) is 0 Å². The number of hydrogen-bond acceptors (Lipinski definition) is 12. The fourth-order valence-corrected chi connectivity index (χ4v) is 2.23. The van der Waals surface area contributed by atoms with Crippen LogP contribution in [0.5, 0.6) is 0 Å². The minimum atomic E-state index is -1.06. The van der Waals surface area contributed by atoms with E-state index in [4.69, 9.17) is 24.2 Å². The van der Waals surface area contributed by atoms with Crippen LogP contribution >= 0.6 is 0 Å². The minimum absolute atomic E-state index is 0.100. The van der Waals surface area contributed by atoms with Crippen molar-refractivity contribution in [2.45, 2.75) is 51.2 Å². The van der Waals surface area contributed by atoms with Gasteiger partial charge >= 0.3 is 23.9 Å². The molecule has 0 fully saturated rings. The van der Waals surface area contributed by atoms with Crippen molar-refractivity contribution in [3.05, 3.63) is 24.8 Å². The van der Waals surface area contributed by atoms with Gasteiger partial charge in [-0.15, -0.1) is 0 Å². The smallest absolute Gasteiger partial charge is 0.333 e. The minimum Gasteiger partial charge on any atom is -0.464 e. The van der Waals surface area contributed by atoms with Gasteiger partial charge in [0.05, 0.1) is 6.61 Å². The largest absolute Gasteiger partial charge is 0.464 e. The first kappa shape index (κ1) is 30.0. The molecule has 0 heterocycles.